The van der Waals surface area contributed by atoms with Gasteiger partial charge in [-0.15, -0.1) is 0 Å². The summed E-state index contributed by atoms with van der Waals surface area (Å²) in [5.41, 5.74) is 23.7. The quantitative estimate of drug-likeness (QED) is 0.0943. The van der Waals surface area contributed by atoms with Crippen LogP contribution in [0.25, 0.3) is 191 Å². The van der Waals surface area contributed by atoms with Crippen molar-refractivity contribution in [2.75, 3.05) is 0 Å². The molecular formula is C100H62N12O. The van der Waals surface area contributed by atoms with Gasteiger partial charge in [0.05, 0.1) is 46.0 Å². The van der Waals surface area contributed by atoms with Crippen LogP contribution in [-0.4, -0.2) is 49.8 Å². The zero-order chi connectivity index (χ0) is 75.8. The van der Waals surface area contributed by atoms with E-state index in [0.29, 0.717) is 57.7 Å². The number of rotatable bonds is 15. The monoisotopic (exact) mass is 1450 g/mol. The molecule has 0 bridgehead atoms. The topological polar surface area (TPSA) is 190 Å². The van der Waals surface area contributed by atoms with Gasteiger partial charge >= 0.3 is 0 Å². The van der Waals surface area contributed by atoms with Crippen molar-refractivity contribution in [3.05, 3.63) is 387 Å². The lowest BCUT2D eigenvalue weighted by Crippen LogP contribution is -2.00. The standard InChI is InChI=1S/C50H30N6O.C50H32N6/c51-31-32-18-20-37(21-19-32)49-54-48(36-12-5-2-6-13-36)55-50(56-49)40-15-9-14-38(28-40)33-22-24-34(25-23-33)43-30-44(53-47(52-43)35-10-3-1-4-11-35)39-26-27-46-42(29-39)41-16-7-8-17-45(41)57-46;51-33-34-19-21-42(22-20-34)49-54-48(41-15-8-3-9-16-41)55-50(56-49)44-18-10-17-43(31-44)37-25-29-39(30-26-37)46-32-45(52-47(53-46)40-13-6-2-7-14-40)38-27-23-36(24-28-38)35-11-4-1-5-12-35/h1-30H;1-32H. The summed E-state index contributed by atoms with van der Waals surface area (Å²) in [7, 11) is 0. The van der Waals surface area contributed by atoms with E-state index in [2.05, 4.69) is 164 Å². The predicted molar refractivity (Wildman–Crippen MR) is 449 cm³/mol. The Balaban J connectivity index is 0.000000157. The second-order valence-electron chi connectivity index (χ2n) is 26.9. The lowest BCUT2D eigenvalue weighted by Gasteiger charge is -2.11. The van der Waals surface area contributed by atoms with Crippen molar-refractivity contribution in [2.24, 2.45) is 0 Å². The van der Waals surface area contributed by atoms with Gasteiger partial charge in [0.15, 0.2) is 46.6 Å². The van der Waals surface area contributed by atoms with Crippen molar-refractivity contribution in [3.63, 3.8) is 0 Å². The maximum atomic E-state index is 9.34. The molecule has 0 unspecified atom stereocenters. The SMILES string of the molecule is N#Cc1ccc(-c2nc(-c3ccccc3)nc(-c3cccc(-c4ccc(-c5cc(-c6ccc(-c7ccccc7)cc6)nc(-c6ccccc6)n5)cc4)c3)n2)cc1.N#Cc1ccc(-c2nc(-c3ccccc3)nc(-c3cccc(-c4ccc(-c5cc(-c6ccc7oc8ccccc8c7c6)nc(-c6ccccc6)n5)cc4)c3)n2)cc1. The fourth-order valence-electron chi connectivity index (χ4n) is 13.7. The number of fused-ring (bicyclic) bond motifs is 3. The molecule has 14 aromatic carbocycles. The fourth-order valence-corrected chi connectivity index (χ4v) is 13.7. The van der Waals surface area contributed by atoms with E-state index in [1.165, 1.54) is 5.56 Å². The second-order valence-corrected chi connectivity index (χ2v) is 26.9. The lowest BCUT2D eigenvalue weighted by molar-refractivity contribution is 0.669. The van der Waals surface area contributed by atoms with Crippen LogP contribution in [-0.2, 0) is 0 Å². The van der Waals surface area contributed by atoms with Crippen LogP contribution in [0.15, 0.2) is 381 Å². The highest BCUT2D eigenvalue weighted by atomic mass is 16.3. The molecule has 0 aliphatic rings. The number of benzene rings is 14. The van der Waals surface area contributed by atoms with Crippen molar-refractivity contribution >= 4 is 21.9 Å². The Labute approximate surface area is 651 Å². The maximum absolute atomic E-state index is 9.34. The number of furan rings is 1. The van der Waals surface area contributed by atoms with Gasteiger partial charge in [-0.2, -0.15) is 10.5 Å². The zero-order valence-electron chi connectivity index (χ0n) is 60.6. The normalized spacial score (nSPS) is 11.0. The third kappa shape index (κ3) is 15.0. The Morgan fingerprint density at radius 2 is 0.416 bits per heavy atom. The smallest absolute Gasteiger partial charge is 0.164 e. The van der Waals surface area contributed by atoms with E-state index >= 15 is 0 Å². The number of para-hydroxylation sites is 1. The minimum absolute atomic E-state index is 0.537. The number of hydrogen-bond acceptors (Lipinski definition) is 13. The molecule has 19 rings (SSSR count). The Hall–Kier alpha value is -16.0. The highest BCUT2D eigenvalue weighted by molar-refractivity contribution is 6.06. The van der Waals surface area contributed by atoms with Gasteiger partial charge in [-0.1, -0.05) is 279 Å². The highest BCUT2D eigenvalue weighted by Crippen LogP contribution is 2.38. The molecule has 0 amide bonds. The average Bonchev–Trinajstić information content (AvgIpc) is 1.72. The first-order valence-electron chi connectivity index (χ1n) is 36.9. The Bertz CT molecular complexity index is 6760. The number of aromatic nitrogens is 10. The van der Waals surface area contributed by atoms with Crippen molar-refractivity contribution < 1.29 is 4.42 Å². The zero-order valence-corrected chi connectivity index (χ0v) is 60.6. The Kier molecular flexibility index (Phi) is 18.9. The van der Waals surface area contributed by atoms with E-state index in [-0.39, 0.29) is 0 Å². The van der Waals surface area contributed by atoms with Gasteiger partial charge in [0.1, 0.15) is 11.2 Å². The molecule has 19 aromatic rings. The Morgan fingerprint density at radius 1 is 0.168 bits per heavy atom. The number of nitrogens with zero attached hydrogens (tertiary/aromatic N) is 12. The molecule has 0 aliphatic heterocycles. The van der Waals surface area contributed by atoms with Crippen molar-refractivity contribution in [3.8, 4) is 182 Å². The molecule has 0 N–H and O–H groups in total. The molecule has 0 radical (unpaired) electrons. The first kappa shape index (κ1) is 68.8. The maximum Gasteiger partial charge on any atom is 0.164 e. The molecule has 5 aromatic heterocycles. The summed E-state index contributed by atoms with van der Waals surface area (Å²) in [6.07, 6.45) is 0. The molecule has 0 fully saturated rings. The molecule has 13 heteroatoms. The molecule has 0 atom stereocenters. The molecular weight excluding hydrogens is 1390 g/mol. The van der Waals surface area contributed by atoms with Gasteiger partial charge in [0.2, 0.25) is 0 Å². The molecule has 0 saturated heterocycles. The minimum atomic E-state index is 0.537. The summed E-state index contributed by atoms with van der Waals surface area (Å²) in [5.74, 6) is 4.69. The van der Waals surface area contributed by atoms with E-state index < -0.39 is 0 Å². The molecule has 0 saturated carbocycles. The third-order valence-corrected chi connectivity index (χ3v) is 19.6. The van der Waals surface area contributed by atoms with Crippen molar-refractivity contribution in [1.82, 2.24) is 49.8 Å². The van der Waals surface area contributed by atoms with E-state index in [1.807, 2.05) is 200 Å². The van der Waals surface area contributed by atoms with Gasteiger partial charge in [-0.05, 0) is 130 Å². The Morgan fingerprint density at radius 3 is 0.788 bits per heavy atom. The van der Waals surface area contributed by atoms with Gasteiger partial charge in [0, 0.05) is 77.5 Å². The summed E-state index contributed by atoms with van der Waals surface area (Å²) in [4.78, 5) is 49.5. The molecule has 13 nitrogen and oxygen atoms in total. The number of hydrogen-bond donors (Lipinski definition) is 0. The van der Waals surface area contributed by atoms with Gasteiger partial charge in [-0.25, -0.2) is 49.8 Å². The van der Waals surface area contributed by atoms with Crippen LogP contribution in [0.2, 0.25) is 0 Å². The highest BCUT2D eigenvalue weighted by Gasteiger charge is 2.20. The predicted octanol–water partition coefficient (Wildman–Crippen LogP) is 24.0. The second kappa shape index (κ2) is 31.1. The molecule has 5 heterocycles. The van der Waals surface area contributed by atoms with E-state index in [0.717, 1.165) is 139 Å². The van der Waals surface area contributed by atoms with Crippen LogP contribution in [0.3, 0.4) is 0 Å². The summed E-state index contributed by atoms with van der Waals surface area (Å²) in [5, 5.41) is 20.8. The van der Waals surface area contributed by atoms with Crippen LogP contribution in [0.5, 0.6) is 0 Å². The first-order valence-corrected chi connectivity index (χ1v) is 36.9. The van der Waals surface area contributed by atoms with Gasteiger partial charge in [-0.3, -0.25) is 0 Å². The third-order valence-electron chi connectivity index (χ3n) is 19.6. The van der Waals surface area contributed by atoms with Crippen molar-refractivity contribution in [2.45, 2.75) is 0 Å². The number of nitriles is 2. The van der Waals surface area contributed by atoms with Crippen LogP contribution >= 0.6 is 0 Å². The van der Waals surface area contributed by atoms with Gasteiger partial charge < -0.3 is 4.42 Å². The molecule has 0 spiro atoms. The van der Waals surface area contributed by atoms with Crippen molar-refractivity contribution in [1.29, 1.82) is 10.5 Å². The summed E-state index contributed by atoms with van der Waals surface area (Å²) in [6, 6.07) is 130. The largest absolute Gasteiger partial charge is 0.456 e. The molecule has 528 valence electrons. The lowest BCUT2D eigenvalue weighted by atomic mass is 9.99. The van der Waals surface area contributed by atoms with Crippen LogP contribution in [0.1, 0.15) is 11.1 Å². The molecule has 0 aliphatic carbocycles. The average molecular weight is 1450 g/mol. The van der Waals surface area contributed by atoms with E-state index in [9.17, 15) is 10.5 Å². The summed E-state index contributed by atoms with van der Waals surface area (Å²) < 4.78 is 6.11. The van der Waals surface area contributed by atoms with Crippen LogP contribution < -0.4 is 0 Å². The van der Waals surface area contributed by atoms with Crippen LogP contribution in [0.4, 0.5) is 0 Å². The van der Waals surface area contributed by atoms with E-state index in [4.69, 9.17) is 54.3 Å². The van der Waals surface area contributed by atoms with E-state index in [1.54, 1.807) is 24.3 Å². The minimum Gasteiger partial charge on any atom is -0.456 e. The van der Waals surface area contributed by atoms with Gasteiger partial charge in [0.25, 0.3) is 0 Å². The fraction of sp³-hybridized carbons (Fsp3) is 0. The van der Waals surface area contributed by atoms with Crippen LogP contribution in [0, 0.1) is 22.7 Å². The first-order chi connectivity index (χ1) is 55.8. The summed E-state index contributed by atoms with van der Waals surface area (Å²) in [6.45, 7) is 0. The molecule has 113 heavy (non-hydrogen) atoms. The summed E-state index contributed by atoms with van der Waals surface area (Å²) >= 11 is 0.